The Morgan fingerprint density at radius 1 is 1.26 bits per heavy atom. The predicted molar refractivity (Wildman–Crippen MR) is 96.2 cm³/mol. The van der Waals surface area contributed by atoms with Crippen molar-refractivity contribution in [2.75, 3.05) is 26.1 Å². The second-order valence-corrected chi connectivity index (χ2v) is 6.27. The summed E-state index contributed by atoms with van der Waals surface area (Å²) in [6, 6.07) is 11.4. The molecule has 0 spiro atoms. The number of thioether (sulfide) groups is 1. The van der Waals surface area contributed by atoms with Gasteiger partial charge in [-0.3, -0.25) is 4.79 Å². The van der Waals surface area contributed by atoms with Crippen molar-refractivity contribution in [1.29, 1.82) is 0 Å². The first-order valence-corrected chi connectivity index (χ1v) is 8.51. The Labute approximate surface area is 141 Å². The molecule has 0 saturated carbocycles. The third-order valence-electron chi connectivity index (χ3n) is 3.71. The molecule has 0 radical (unpaired) electrons. The summed E-state index contributed by atoms with van der Waals surface area (Å²) in [6.45, 7) is 2.43. The number of carbonyl (C=O) groups is 1. The summed E-state index contributed by atoms with van der Waals surface area (Å²) >= 11 is 1.63. The summed E-state index contributed by atoms with van der Waals surface area (Å²) in [6.07, 6.45) is 2.01. The fraction of sp³-hybridized carbons (Fsp3) is 0.278. The number of methoxy groups -OCH3 is 1. The molecule has 0 bridgehead atoms. The molecule has 2 aromatic rings. The van der Waals surface area contributed by atoms with Crippen LogP contribution in [-0.4, -0.2) is 31.2 Å². The second kappa shape index (κ2) is 7.42. The number of benzene rings is 2. The lowest BCUT2D eigenvalue weighted by molar-refractivity contribution is 0.0784. The zero-order valence-electron chi connectivity index (χ0n) is 13.9. The number of aryl methyl sites for hydroxylation is 1. The van der Waals surface area contributed by atoms with Gasteiger partial charge in [-0.1, -0.05) is 12.1 Å². The summed E-state index contributed by atoms with van der Waals surface area (Å²) in [5, 5.41) is 0. The average Bonchev–Trinajstić information content (AvgIpc) is 2.56. The van der Waals surface area contributed by atoms with E-state index < -0.39 is 0 Å². The van der Waals surface area contributed by atoms with Crippen molar-refractivity contribution >= 4 is 23.4 Å². The quantitative estimate of drug-likeness (QED) is 0.672. The van der Waals surface area contributed by atoms with Crippen molar-refractivity contribution in [3.05, 3.63) is 53.1 Å². The molecule has 0 atom stereocenters. The molecular formula is C18H22N2O2S. The maximum atomic E-state index is 12.6. The Kier molecular flexibility index (Phi) is 5.55. The number of anilines is 1. The van der Waals surface area contributed by atoms with Crippen LogP contribution in [0.3, 0.4) is 0 Å². The maximum absolute atomic E-state index is 12.6. The van der Waals surface area contributed by atoms with Gasteiger partial charge in [0.25, 0.3) is 5.91 Å². The van der Waals surface area contributed by atoms with E-state index in [2.05, 4.69) is 0 Å². The number of carbonyl (C=O) groups excluding carboxylic acids is 1. The van der Waals surface area contributed by atoms with Crippen LogP contribution in [0.25, 0.3) is 0 Å². The van der Waals surface area contributed by atoms with Crippen LogP contribution in [0.5, 0.6) is 5.75 Å². The van der Waals surface area contributed by atoms with Crippen molar-refractivity contribution in [2.45, 2.75) is 18.4 Å². The molecule has 0 fully saturated rings. The molecule has 4 nitrogen and oxygen atoms in total. The first-order valence-electron chi connectivity index (χ1n) is 7.28. The van der Waals surface area contributed by atoms with E-state index >= 15 is 0 Å². The highest BCUT2D eigenvalue weighted by molar-refractivity contribution is 7.98. The molecule has 0 saturated heterocycles. The molecule has 5 heteroatoms. The van der Waals surface area contributed by atoms with E-state index in [1.165, 1.54) is 0 Å². The van der Waals surface area contributed by atoms with Crippen LogP contribution in [-0.2, 0) is 6.54 Å². The number of ether oxygens (including phenoxy) is 1. The van der Waals surface area contributed by atoms with E-state index in [1.807, 2.05) is 37.4 Å². The van der Waals surface area contributed by atoms with E-state index in [1.54, 1.807) is 43.0 Å². The van der Waals surface area contributed by atoms with Crippen molar-refractivity contribution < 1.29 is 9.53 Å². The minimum Gasteiger partial charge on any atom is -0.496 e. The molecular weight excluding hydrogens is 308 g/mol. The number of nitrogen functional groups attached to an aromatic ring is 1. The molecule has 23 heavy (non-hydrogen) atoms. The largest absolute Gasteiger partial charge is 0.496 e. The highest BCUT2D eigenvalue weighted by Crippen LogP contribution is 2.28. The highest BCUT2D eigenvalue weighted by atomic mass is 32.2. The third kappa shape index (κ3) is 3.99. The van der Waals surface area contributed by atoms with Crippen molar-refractivity contribution in [3.63, 3.8) is 0 Å². The fourth-order valence-corrected chi connectivity index (χ4v) is 2.95. The normalized spacial score (nSPS) is 10.4. The second-order valence-electron chi connectivity index (χ2n) is 5.42. The number of hydrogen-bond donors (Lipinski definition) is 1. The zero-order valence-corrected chi connectivity index (χ0v) is 14.7. The van der Waals surface area contributed by atoms with Crippen LogP contribution in [0.15, 0.2) is 41.3 Å². The summed E-state index contributed by atoms with van der Waals surface area (Å²) < 4.78 is 5.40. The van der Waals surface area contributed by atoms with E-state index in [0.717, 1.165) is 21.8 Å². The van der Waals surface area contributed by atoms with Gasteiger partial charge in [0.2, 0.25) is 0 Å². The molecule has 0 aliphatic rings. The topological polar surface area (TPSA) is 55.6 Å². The van der Waals surface area contributed by atoms with E-state index in [4.69, 9.17) is 10.5 Å². The Balaban J connectivity index is 2.19. The molecule has 0 unspecified atom stereocenters. The van der Waals surface area contributed by atoms with Crippen molar-refractivity contribution in [3.8, 4) is 5.75 Å². The number of nitrogens with two attached hydrogens (primary N) is 1. The number of hydrogen-bond acceptors (Lipinski definition) is 4. The SMILES string of the molecule is COc1cc(CN(C)C(=O)c2cc(N)ccc2C)ccc1SC. The van der Waals surface area contributed by atoms with Gasteiger partial charge in [-0.25, -0.2) is 0 Å². The minimum absolute atomic E-state index is 0.0392. The maximum Gasteiger partial charge on any atom is 0.254 e. The Hall–Kier alpha value is -2.14. The smallest absolute Gasteiger partial charge is 0.254 e. The van der Waals surface area contributed by atoms with Gasteiger partial charge in [0, 0.05) is 29.7 Å². The monoisotopic (exact) mass is 330 g/mol. The first kappa shape index (κ1) is 17.2. The molecule has 0 aliphatic carbocycles. The lowest BCUT2D eigenvalue weighted by atomic mass is 10.1. The number of amides is 1. The summed E-state index contributed by atoms with van der Waals surface area (Å²) in [4.78, 5) is 15.4. The molecule has 1 amide bonds. The van der Waals surface area contributed by atoms with E-state index in [0.29, 0.717) is 17.8 Å². The lowest BCUT2D eigenvalue weighted by Crippen LogP contribution is -2.27. The van der Waals surface area contributed by atoms with Crippen LogP contribution < -0.4 is 10.5 Å². The Bertz CT molecular complexity index is 716. The van der Waals surface area contributed by atoms with Gasteiger partial charge in [0.15, 0.2) is 0 Å². The Morgan fingerprint density at radius 3 is 2.65 bits per heavy atom. The summed E-state index contributed by atoms with van der Waals surface area (Å²) in [5.41, 5.74) is 8.98. The summed E-state index contributed by atoms with van der Waals surface area (Å²) in [5.74, 6) is 0.790. The van der Waals surface area contributed by atoms with Crippen molar-refractivity contribution in [1.82, 2.24) is 4.90 Å². The fourth-order valence-electron chi connectivity index (χ4n) is 2.40. The highest BCUT2D eigenvalue weighted by Gasteiger charge is 2.15. The van der Waals surface area contributed by atoms with Gasteiger partial charge in [-0.15, -0.1) is 11.8 Å². The van der Waals surface area contributed by atoms with Gasteiger partial charge in [-0.05, 0) is 48.6 Å². The molecule has 0 heterocycles. The molecule has 0 aliphatic heterocycles. The molecule has 2 rings (SSSR count). The van der Waals surface area contributed by atoms with Gasteiger partial charge in [-0.2, -0.15) is 0 Å². The molecule has 0 aromatic heterocycles. The van der Waals surface area contributed by atoms with Gasteiger partial charge >= 0.3 is 0 Å². The third-order valence-corrected chi connectivity index (χ3v) is 4.48. The zero-order chi connectivity index (χ0) is 17.0. The predicted octanol–water partition coefficient (Wildman–Crippen LogP) is 3.58. The molecule has 2 N–H and O–H groups in total. The Morgan fingerprint density at radius 2 is 2.00 bits per heavy atom. The van der Waals surface area contributed by atoms with Gasteiger partial charge < -0.3 is 15.4 Å². The minimum atomic E-state index is -0.0392. The van der Waals surface area contributed by atoms with Crippen molar-refractivity contribution in [2.24, 2.45) is 0 Å². The molecule has 2 aromatic carbocycles. The van der Waals surface area contributed by atoms with Crippen LogP contribution in [0.1, 0.15) is 21.5 Å². The van der Waals surface area contributed by atoms with Crippen LogP contribution in [0, 0.1) is 6.92 Å². The number of nitrogens with zero attached hydrogens (tertiary/aromatic N) is 1. The standard InChI is InChI=1S/C18H22N2O2S/c1-12-5-7-14(19)10-15(12)18(21)20(2)11-13-6-8-17(23-4)16(9-13)22-3/h5-10H,11,19H2,1-4H3. The summed E-state index contributed by atoms with van der Waals surface area (Å²) in [7, 11) is 3.45. The first-order chi connectivity index (χ1) is 11.0. The number of rotatable bonds is 5. The lowest BCUT2D eigenvalue weighted by Gasteiger charge is -2.19. The average molecular weight is 330 g/mol. The van der Waals surface area contributed by atoms with E-state index in [-0.39, 0.29) is 5.91 Å². The van der Waals surface area contributed by atoms with Gasteiger partial charge in [0.1, 0.15) is 5.75 Å². The van der Waals surface area contributed by atoms with E-state index in [9.17, 15) is 4.79 Å². The van der Waals surface area contributed by atoms with Gasteiger partial charge in [0.05, 0.1) is 7.11 Å². The van der Waals surface area contributed by atoms with Crippen LogP contribution >= 0.6 is 11.8 Å². The molecule has 122 valence electrons. The van der Waals surface area contributed by atoms with Crippen LogP contribution in [0.4, 0.5) is 5.69 Å². The van der Waals surface area contributed by atoms with Crippen LogP contribution in [0.2, 0.25) is 0 Å².